The highest BCUT2D eigenvalue weighted by Gasteiger charge is 2.27. The summed E-state index contributed by atoms with van der Waals surface area (Å²) in [5.41, 5.74) is 2.37. The first-order chi connectivity index (χ1) is 12.7. The van der Waals surface area contributed by atoms with Crippen LogP contribution in [0.15, 0.2) is 53.4 Å². The normalized spacial score (nSPS) is 13.0. The van der Waals surface area contributed by atoms with Crippen molar-refractivity contribution < 1.29 is 22.0 Å². The van der Waals surface area contributed by atoms with Crippen LogP contribution >= 0.6 is 0 Å². The number of amides is 1. The van der Waals surface area contributed by atoms with Gasteiger partial charge in [-0.3, -0.25) is 4.79 Å². The van der Waals surface area contributed by atoms with Crippen LogP contribution in [-0.4, -0.2) is 20.1 Å². The number of alkyl halides is 2. The molecule has 0 spiro atoms. The number of benzene rings is 2. The molecule has 1 amide bonds. The van der Waals surface area contributed by atoms with Crippen LogP contribution in [0.1, 0.15) is 48.3 Å². The molecule has 1 unspecified atom stereocenters. The molecule has 0 aliphatic carbocycles. The van der Waals surface area contributed by atoms with E-state index in [1.165, 1.54) is 17.7 Å². The molecule has 0 aliphatic heterocycles. The Balaban J connectivity index is 2.20. The molecule has 1 atom stereocenters. The molecule has 146 valence electrons. The number of hydrogen-bond donors (Lipinski definition) is 1. The molecule has 27 heavy (non-hydrogen) atoms. The smallest absolute Gasteiger partial charge is 0.341 e. The Morgan fingerprint density at radius 3 is 2.00 bits per heavy atom. The van der Waals surface area contributed by atoms with E-state index in [-0.39, 0.29) is 17.5 Å². The lowest BCUT2D eigenvalue weighted by Crippen LogP contribution is -2.31. The van der Waals surface area contributed by atoms with Crippen molar-refractivity contribution in [2.24, 2.45) is 5.92 Å². The highest BCUT2D eigenvalue weighted by Crippen LogP contribution is 2.24. The molecular weight excluding hydrogens is 372 g/mol. The summed E-state index contributed by atoms with van der Waals surface area (Å²) in [6.45, 7) is 6.03. The minimum absolute atomic E-state index is 0.125. The Bertz CT molecular complexity index is 876. The maximum Gasteiger partial charge on any atom is 0.341 e. The average Bonchev–Trinajstić information content (AvgIpc) is 2.65. The van der Waals surface area contributed by atoms with Gasteiger partial charge in [-0.2, -0.15) is 8.78 Å². The first-order valence-electron chi connectivity index (χ1n) is 8.68. The fourth-order valence-corrected chi connectivity index (χ4v) is 3.44. The molecule has 0 saturated carbocycles. The van der Waals surface area contributed by atoms with Gasteiger partial charge in [-0.15, -0.1) is 0 Å². The number of carbonyl (C=O) groups is 1. The number of hydrogen-bond acceptors (Lipinski definition) is 3. The molecule has 0 fully saturated rings. The van der Waals surface area contributed by atoms with Gasteiger partial charge in [-0.1, -0.05) is 45.0 Å². The lowest BCUT2D eigenvalue weighted by Gasteiger charge is -2.23. The van der Waals surface area contributed by atoms with Crippen molar-refractivity contribution in [3.05, 3.63) is 65.2 Å². The highest BCUT2D eigenvalue weighted by molar-refractivity contribution is 7.91. The Kier molecular flexibility index (Phi) is 6.70. The van der Waals surface area contributed by atoms with Gasteiger partial charge in [0.2, 0.25) is 9.84 Å². The van der Waals surface area contributed by atoms with E-state index >= 15 is 0 Å². The molecule has 0 bridgehead atoms. The van der Waals surface area contributed by atoms with Gasteiger partial charge in [0.15, 0.2) is 0 Å². The van der Waals surface area contributed by atoms with E-state index in [0.717, 1.165) is 24.1 Å². The number of aryl methyl sites for hydroxylation is 1. The lowest BCUT2D eigenvalue weighted by atomic mass is 9.94. The van der Waals surface area contributed by atoms with Gasteiger partial charge in [-0.25, -0.2) is 8.42 Å². The van der Waals surface area contributed by atoms with Crippen LogP contribution in [0.3, 0.4) is 0 Å². The highest BCUT2D eigenvalue weighted by atomic mass is 32.2. The largest absolute Gasteiger partial charge is 0.345 e. The zero-order chi connectivity index (χ0) is 20.2. The van der Waals surface area contributed by atoms with Gasteiger partial charge in [0.05, 0.1) is 10.9 Å². The third-order valence-corrected chi connectivity index (χ3v) is 5.78. The van der Waals surface area contributed by atoms with Crippen molar-refractivity contribution in [3.63, 3.8) is 0 Å². The maximum absolute atomic E-state index is 12.6. The molecule has 2 aromatic rings. The summed E-state index contributed by atoms with van der Waals surface area (Å²) in [4.78, 5) is 12.0. The van der Waals surface area contributed by atoms with Crippen molar-refractivity contribution in [3.8, 4) is 0 Å². The molecular formula is C20H23F2NO3S. The average molecular weight is 395 g/mol. The predicted molar refractivity (Wildman–Crippen MR) is 100 cm³/mol. The van der Waals surface area contributed by atoms with Crippen molar-refractivity contribution in [2.75, 3.05) is 0 Å². The van der Waals surface area contributed by atoms with E-state index in [2.05, 4.69) is 12.2 Å². The molecule has 0 aliphatic rings. The summed E-state index contributed by atoms with van der Waals surface area (Å²) in [7, 11) is -4.67. The SMILES string of the molecule is CCc1ccc(C(NC(=O)c2ccc(S(=O)(=O)C(F)F)cc2)C(C)C)cc1. The molecule has 0 heterocycles. The maximum atomic E-state index is 12.6. The Morgan fingerprint density at radius 2 is 1.56 bits per heavy atom. The van der Waals surface area contributed by atoms with E-state index in [1.54, 1.807) is 0 Å². The second-order valence-corrected chi connectivity index (χ2v) is 8.54. The van der Waals surface area contributed by atoms with E-state index in [0.29, 0.717) is 0 Å². The third kappa shape index (κ3) is 4.91. The van der Waals surface area contributed by atoms with E-state index < -0.39 is 26.4 Å². The molecule has 0 radical (unpaired) electrons. The van der Waals surface area contributed by atoms with Gasteiger partial charge in [0, 0.05) is 5.56 Å². The summed E-state index contributed by atoms with van der Waals surface area (Å²) >= 11 is 0. The molecule has 2 aromatic carbocycles. The van der Waals surface area contributed by atoms with Crippen molar-refractivity contribution in [2.45, 2.75) is 43.9 Å². The van der Waals surface area contributed by atoms with Crippen LogP contribution in [0.4, 0.5) is 8.78 Å². The number of sulfone groups is 1. The number of rotatable bonds is 7. The second-order valence-electron chi connectivity index (χ2n) is 6.62. The van der Waals surface area contributed by atoms with Crippen molar-refractivity contribution in [1.82, 2.24) is 5.32 Å². The zero-order valence-corrected chi connectivity index (χ0v) is 16.3. The van der Waals surface area contributed by atoms with Crippen LogP contribution in [0.5, 0.6) is 0 Å². The molecule has 4 nitrogen and oxygen atoms in total. The molecule has 0 aromatic heterocycles. The summed E-state index contributed by atoms with van der Waals surface area (Å²) in [5, 5.41) is 2.93. The Hall–Kier alpha value is -2.28. The van der Waals surface area contributed by atoms with Crippen LogP contribution in [0, 0.1) is 5.92 Å². The minimum Gasteiger partial charge on any atom is -0.345 e. The van der Waals surface area contributed by atoms with Gasteiger partial charge in [0.25, 0.3) is 5.91 Å². The summed E-state index contributed by atoms with van der Waals surface area (Å²) in [6, 6.07) is 12.3. The Labute approximate surface area is 158 Å². The second kappa shape index (κ2) is 8.61. The molecule has 2 rings (SSSR count). The Morgan fingerprint density at radius 1 is 1.00 bits per heavy atom. The number of halogens is 2. The van der Waals surface area contributed by atoms with Gasteiger partial charge < -0.3 is 5.32 Å². The first-order valence-corrected chi connectivity index (χ1v) is 10.2. The lowest BCUT2D eigenvalue weighted by molar-refractivity contribution is 0.0925. The zero-order valence-electron chi connectivity index (χ0n) is 15.4. The standard InChI is InChI=1S/C20H23F2NO3S/c1-4-14-5-7-15(8-6-14)18(13(2)3)23-19(24)16-9-11-17(12-10-16)27(25,26)20(21)22/h5-13,18,20H,4H2,1-3H3,(H,23,24). The quantitative estimate of drug-likeness (QED) is 0.757. The predicted octanol–water partition coefficient (Wildman–Crippen LogP) is 4.37. The monoisotopic (exact) mass is 395 g/mol. The van der Waals surface area contributed by atoms with Gasteiger partial charge >= 0.3 is 5.76 Å². The fourth-order valence-electron chi connectivity index (χ4n) is 2.72. The van der Waals surface area contributed by atoms with Crippen LogP contribution in [-0.2, 0) is 16.3 Å². The topological polar surface area (TPSA) is 63.2 Å². The van der Waals surface area contributed by atoms with E-state index in [4.69, 9.17) is 0 Å². The van der Waals surface area contributed by atoms with Crippen LogP contribution in [0.2, 0.25) is 0 Å². The van der Waals surface area contributed by atoms with Gasteiger partial charge in [-0.05, 0) is 47.7 Å². The first kappa shape index (κ1) is 21.0. The molecule has 7 heteroatoms. The van der Waals surface area contributed by atoms with Crippen LogP contribution in [0.25, 0.3) is 0 Å². The number of carbonyl (C=O) groups excluding carboxylic acids is 1. The fraction of sp³-hybridized carbons (Fsp3) is 0.350. The van der Waals surface area contributed by atoms with Crippen molar-refractivity contribution in [1.29, 1.82) is 0 Å². The van der Waals surface area contributed by atoms with Crippen LogP contribution < -0.4 is 5.32 Å². The van der Waals surface area contributed by atoms with Gasteiger partial charge in [0.1, 0.15) is 0 Å². The molecule has 1 N–H and O–H groups in total. The van der Waals surface area contributed by atoms with E-state index in [9.17, 15) is 22.0 Å². The third-order valence-electron chi connectivity index (χ3n) is 4.38. The summed E-state index contributed by atoms with van der Waals surface area (Å²) < 4.78 is 48.1. The minimum atomic E-state index is -4.67. The summed E-state index contributed by atoms with van der Waals surface area (Å²) in [5.74, 6) is -3.76. The summed E-state index contributed by atoms with van der Waals surface area (Å²) in [6.07, 6.45) is 0.923. The van der Waals surface area contributed by atoms with Crippen molar-refractivity contribution >= 4 is 15.7 Å². The number of nitrogens with one attached hydrogen (secondary N) is 1. The molecule has 0 saturated heterocycles. The van der Waals surface area contributed by atoms with E-state index in [1.807, 2.05) is 38.1 Å².